The molecule has 0 saturated heterocycles. The van der Waals surface area contributed by atoms with Crippen molar-refractivity contribution in [1.29, 1.82) is 5.41 Å². The number of allylic oxidation sites excluding steroid dienone is 1. The van der Waals surface area contributed by atoms with Crippen LogP contribution in [-0.4, -0.2) is 59.1 Å². The van der Waals surface area contributed by atoms with Crippen LogP contribution in [-0.2, 0) is 0 Å². The van der Waals surface area contributed by atoms with Crippen LogP contribution in [0.2, 0.25) is 0 Å². The molecule has 4 aromatic rings. The van der Waals surface area contributed by atoms with E-state index in [0.29, 0.717) is 11.6 Å². The van der Waals surface area contributed by atoms with Crippen molar-refractivity contribution in [1.82, 2.24) is 25.1 Å². The molecule has 0 aliphatic carbocycles. The van der Waals surface area contributed by atoms with Gasteiger partial charge in [0.25, 0.3) is 0 Å². The number of pyridine rings is 3. The van der Waals surface area contributed by atoms with Gasteiger partial charge in [0.15, 0.2) is 0 Å². The van der Waals surface area contributed by atoms with Gasteiger partial charge >= 0.3 is 195 Å². The van der Waals surface area contributed by atoms with Crippen molar-refractivity contribution in [3.63, 3.8) is 0 Å². The molecular formula is C22H22N7SSn+. The van der Waals surface area contributed by atoms with Crippen LogP contribution in [0.15, 0.2) is 55.1 Å². The van der Waals surface area contributed by atoms with E-state index in [0.717, 1.165) is 39.5 Å². The Hall–Kier alpha value is -2.56. The number of hydrogen-bond acceptors (Lipinski definition) is 7. The Bertz CT molecular complexity index is 1250. The van der Waals surface area contributed by atoms with Gasteiger partial charge in [0, 0.05) is 0 Å². The molecule has 0 saturated carbocycles. The standard InChI is InChI=1S/C17H14N5.C5H7N2S.Sn/c1-19-11-14(17(18)12-4-2-6-20-9-12)13-8-16-15(22-10-13)5-3-7-21-16;1-4(2)5-7-6-3-8-5;/h2-6,8-11,18-19H,1H3;4H,1-2H3;/p+1/b14-11-,18-17?;;. The van der Waals surface area contributed by atoms with Gasteiger partial charge in [-0.25, -0.2) is 0 Å². The maximum atomic E-state index is 8.68. The number of nitrogens with two attached hydrogens (primary N) is 1. The molecule has 0 unspecified atom stereocenters. The van der Waals surface area contributed by atoms with Crippen LogP contribution >= 0.6 is 11.3 Å². The normalized spacial score (nSPS) is 11.9. The van der Waals surface area contributed by atoms with Crippen LogP contribution < -0.4 is 12.1 Å². The van der Waals surface area contributed by atoms with Gasteiger partial charge < -0.3 is 0 Å². The number of hydrogen-bond donors (Lipinski definition) is 2. The summed E-state index contributed by atoms with van der Waals surface area (Å²) in [6.07, 6.45) is 7.16. The topological polar surface area (TPSA) is 105 Å². The average Bonchev–Trinajstić information content (AvgIpc) is 3.26. The van der Waals surface area contributed by atoms with Crippen LogP contribution in [0, 0.1) is 5.41 Å². The van der Waals surface area contributed by atoms with Crippen molar-refractivity contribution in [3.05, 3.63) is 71.3 Å². The molecule has 0 aromatic carbocycles. The van der Waals surface area contributed by atoms with E-state index in [4.69, 9.17) is 10.4 Å². The zero-order chi connectivity index (χ0) is 21.8. The molecule has 154 valence electrons. The SMILES string of the molecule is C[NH2+]/C=C(\C(=N)c1cccnc1)c1cnc2cc[c]([Sn][c]3nnc(C(C)C)s3)nc2c1. The van der Waals surface area contributed by atoms with Crippen LogP contribution in [0.5, 0.6) is 0 Å². The maximum absolute atomic E-state index is 8.68. The number of rotatable bonds is 7. The molecule has 0 amide bonds. The first-order chi connectivity index (χ1) is 15.0. The van der Waals surface area contributed by atoms with E-state index in [-0.39, 0.29) is 0 Å². The van der Waals surface area contributed by atoms with Crippen molar-refractivity contribution in [2.75, 3.05) is 7.05 Å². The fraction of sp³-hybridized carbons (Fsp3) is 0.182. The van der Waals surface area contributed by atoms with E-state index in [1.54, 1.807) is 23.7 Å². The first-order valence-corrected chi connectivity index (χ1v) is 13.6. The second-order valence-electron chi connectivity index (χ2n) is 7.21. The average molecular weight is 535 g/mol. The Balaban J connectivity index is 1.66. The molecule has 0 bridgehead atoms. The van der Waals surface area contributed by atoms with E-state index in [2.05, 4.69) is 40.1 Å². The van der Waals surface area contributed by atoms with Gasteiger partial charge in [-0.05, 0) is 0 Å². The van der Waals surface area contributed by atoms with Crippen LogP contribution in [0.25, 0.3) is 16.6 Å². The van der Waals surface area contributed by atoms with Crippen molar-refractivity contribution in [2.45, 2.75) is 19.8 Å². The minimum absolute atomic E-state index is 0.401. The van der Waals surface area contributed by atoms with Gasteiger partial charge in [-0.2, -0.15) is 0 Å². The Labute approximate surface area is 194 Å². The fourth-order valence-corrected chi connectivity index (χ4v) is 7.58. The number of quaternary nitrogens is 1. The first kappa shape index (κ1) is 21.7. The van der Waals surface area contributed by atoms with E-state index >= 15 is 0 Å². The summed E-state index contributed by atoms with van der Waals surface area (Å²) in [4.78, 5) is 13.6. The Kier molecular flexibility index (Phi) is 6.79. The summed E-state index contributed by atoms with van der Waals surface area (Å²) < 4.78 is 2.22. The zero-order valence-electron chi connectivity index (χ0n) is 17.5. The monoisotopic (exact) mass is 536 g/mol. The Morgan fingerprint density at radius 3 is 2.71 bits per heavy atom. The molecule has 4 rings (SSSR count). The first-order valence-electron chi connectivity index (χ1n) is 9.91. The third kappa shape index (κ3) is 5.03. The molecule has 3 N–H and O–H groups in total. The molecule has 9 heteroatoms. The van der Waals surface area contributed by atoms with Crippen molar-refractivity contribution < 1.29 is 5.32 Å². The quantitative estimate of drug-likeness (QED) is 0.274. The summed E-state index contributed by atoms with van der Waals surface area (Å²) in [5, 5.41) is 20.4. The van der Waals surface area contributed by atoms with E-state index in [1.807, 2.05) is 49.0 Å². The summed E-state index contributed by atoms with van der Waals surface area (Å²) in [5.74, 6) is 0.401. The summed E-state index contributed by atoms with van der Waals surface area (Å²) >= 11 is 0.588. The zero-order valence-corrected chi connectivity index (χ0v) is 21.2. The van der Waals surface area contributed by atoms with Gasteiger partial charge in [-0.15, -0.1) is 0 Å². The van der Waals surface area contributed by atoms with E-state index in [1.165, 1.54) is 0 Å². The number of aromatic nitrogens is 5. The van der Waals surface area contributed by atoms with Gasteiger partial charge in [-0.1, -0.05) is 0 Å². The van der Waals surface area contributed by atoms with E-state index < -0.39 is 21.1 Å². The van der Waals surface area contributed by atoms with Crippen LogP contribution in [0.3, 0.4) is 0 Å². The third-order valence-corrected chi connectivity index (χ3v) is 9.59. The minimum atomic E-state index is -1.12. The molecule has 0 spiro atoms. The molecule has 0 fully saturated rings. The molecule has 0 atom stereocenters. The van der Waals surface area contributed by atoms with Crippen LogP contribution in [0.1, 0.15) is 35.9 Å². The predicted molar refractivity (Wildman–Crippen MR) is 125 cm³/mol. The van der Waals surface area contributed by atoms with Gasteiger partial charge in [0.1, 0.15) is 0 Å². The van der Waals surface area contributed by atoms with E-state index in [9.17, 15) is 0 Å². The van der Waals surface area contributed by atoms with Crippen molar-refractivity contribution >= 4 is 61.5 Å². The summed E-state index contributed by atoms with van der Waals surface area (Å²) in [6, 6.07) is 9.84. The Morgan fingerprint density at radius 1 is 1.13 bits per heavy atom. The number of fused-ring (bicyclic) bond motifs is 1. The fourth-order valence-electron chi connectivity index (χ4n) is 3.01. The Morgan fingerprint density at radius 2 is 2.00 bits per heavy atom. The number of nitrogens with zero attached hydrogens (tertiary/aromatic N) is 5. The molecule has 4 heterocycles. The summed E-state index contributed by atoms with van der Waals surface area (Å²) in [6.45, 7) is 4.28. The molecule has 0 aliphatic rings. The summed E-state index contributed by atoms with van der Waals surface area (Å²) in [7, 11) is 1.95. The molecule has 4 aromatic heterocycles. The van der Waals surface area contributed by atoms with Gasteiger partial charge in [0.05, 0.1) is 0 Å². The molecule has 31 heavy (non-hydrogen) atoms. The second-order valence-corrected chi connectivity index (χ2v) is 12.8. The predicted octanol–water partition coefficient (Wildman–Crippen LogP) is 1.26. The van der Waals surface area contributed by atoms with Crippen molar-refractivity contribution in [2.24, 2.45) is 0 Å². The molecule has 2 radical (unpaired) electrons. The molecule has 7 nitrogen and oxygen atoms in total. The second kappa shape index (κ2) is 9.71. The number of nitrogens with one attached hydrogen (secondary N) is 1. The van der Waals surface area contributed by atoms with Gasteiger partial charge in [-0.3, -0.25) is 0 Å². The molecular weight excluding hydrogens is 513 g/mol. The molecule has 0 aliphatic heterocycles. The van der Waals surface area contributed by atoms with Crippen molar-refractivity contribution in [3.8, 4) is 0 Å². The van der Waals surface area contributed by atoms with Crippen LogP contribution in [0.4, 0.5) is 0 Å². The van der Waals surface area contributed by atoms with Gasteiger partial charge in [0.2, 0.25) is 0 Å². The summed E-state index contributed by atoms with van der Waals surface area (Å²) in [5.41, 5.74) is 4.53. The third-order valence-electron chi connectivity index (χ3n) is 4.57.